The molecule has 0 saturated carbocycles. The molecule has 0 aromatic heterocycles. The van der Waals surface area contributed by atoms with Gasteiger partial charge in [0.25, 0.3) is 0 Å². The zero-order valence-electron chi connectivity index (χ0n) is 22.9. The topological polar surface area (TPSA) is 80.3 Å². The number of carboxylic acids is 2. The van der Waals surface area contributed by atoms with Crippen LogP contribution < -0.4 is 10.2 Å². The van der Waals surface area contributed by atoms with Crippen molar-refractivity contribution in [3.8, 4) is 0 Å². The van der Waals surface area contributed by atoms with Gasteiger partial charge in [-0.3, -0.25) is 0 Å². The van der Waals surface area contributed by atoms with Crippen LogP contribution in [-0.4, -0.2) is 34.5 Å². The molecule has 0 unspecified atom stereocenters. The fraction of sp³-hybridized carbons (Fsp3) is 0.929. The van der Waals surface area contributed by atoms with Gasteiger partial charge < -0.3 is 19.8 Å². The molecule has 0 N–H and O–H groups in total. The van der Waals surface area contributed by atoms with Crippen LogP contribution in [0.2, 0.25) is 4.44 Å². The SMILES string of the molecule is CCCCCCCCCCCC(=O)[O-].CCCCCCCCCCCC(=O)[O-].CCC[CH2][Sn+3].[Ti+4]. The second kappa shape index (κ2) is 40.6. The number of hydrogen-bond donors (Lipinski definition) is 0. The summed E-state index contributed by atoms with van der Waals surface area (Å²) in [4.78, 5) is 20.2. The van der Waals surface area contributed by atoms with Gasteiger partial charge >= 0.3 is 68.4 Å². The van der Waals surface area contributed by atoms with Crippen LogP contribution in [0.5, 0.6) is 0 Å². The maximum absolute atomic E-state index is 10.1. The van der Waals surface area contributed by atoms with Crippen molar-refractivity contribution in [1.82, 2.24) is 0 Å². The molecule has 0 fully saturated rings. The summed E-state index contributed by atoms with van der Waals surface area (Å²) in [5.74, 6) is -1.82. The minimum Gasteiger partial charge on any atom is 4.00 e. The monoisotopic (exact) mass is 623 g/mol. The van der Waals surface area contributed by atoms with E-state index in [1.54, 1.807) is 22.5 Å². The molecule has 0 aliphatic heterocycles. The Balaban J connectivity index is -0.000000216. The quantitative estimate of drug-likeness (QED) is 0.0997. The van der Waals surface area contributed by atoms with Crippen LogP contribution >= 0.6 is 0 Å². The summed E-state index contributed by atoms with van der Waals surface area (Å²) in [6.45, 7) is 6.67. The van der Waals surface area contributed by atoms with Gasteiger partial charge in [0, 0.05) is 11.9 Å². The van der Waals surface area contributed by atoms with Crippen molar-refractivity contribution in [3.05, 3.63) is 0 Å². The largest absolute Gasteiger partial charge is 4.00 e. The van der Waals surface area contributed by atoms with Crippen LogP contribution in [0, 0.1) is 0 Å². The van der Waals surface area contributed by atoms with Crippen LogP contribution in [0.3, 0.4) is 0 Å². The molecule has 0 heterocycles. The molecule has 0 aliphatic carbocycles. The molecule has 0 bridgehead atoms. The molecule has 194 valence electrons. The predicted octanol–water partition coefficient (Wildman–Crippen LogP) is 6.69. The zero-order valence-corrected chi connectivity index (χ0v) is 27.3. The van der Waals surface area contributed by atoms with Gasteiger partial charge in [-0.15, -0.1) is 0 Å². The fourth-order valence-corrected chi connectivity index (χ4v) is 4.35. The minimum absolute atomic E-state index is 0. The van der Waals surface area contributed by atoms with Gasteiger partial charge in [0.2, 0.25) is 0 Å². The van der Waals surface area contributed by atoms with E-state index in [2.05, 4.69) is 20.8 Å². The first kappa shape index (κ1) is 41.6. The average Bonchev–Trinajstić information content (AvgIpc) is 2.78. The van der Waals surface area contributed by atoms with Gasteiger partial charge in [0.05, 0.1) is 0 Å². The molecule has 0 saturated heterocycles. The first-order valence-corrected chi connectivity index (χ1v) is 16.0. The van der Waals surface area contributed by atoms with E-state index in [0.717, 1.165) is 25.7 Å². The molecule has 0 atom stereocenters. The summed E-state index contributed by atoms with van der Waals surface area (Å²) < 4.78 is 1.43. The van der Waals surface area contributed by atoms with Gasteiger partial charge in [0.15, 0.2) is 0 Å². The Morgan fingerprint density at radius 2 is 0.706 bits per heavy atom. The smallest absolute Gasteiger partial charge is 4.00 e. The van der Waals surface area contributed by atoms with Crippen molar-refractivity contribution in [2.24, 2.45) is 0 Å². The van der Waals surface area contributed by atoms with E-state index in [1.807, 2.05) is 0 Å². The fourth-order valence-electron chi connectivity index (χ4n) is 3.34. The molecular weight excluding hydrogens is 567 g/mol. The van der Waals surface area contributed by atoms with Gasteiger partial charge in [0.1, 0.15) is 0 Å². The van der Waals surface area contributed by atoms with Crippen LogP contribution in [-0.2, 0) is 31.3 Å². The van der Waals surface area contributed by atoms with Crippen molar-refractivity contribution in [3.63, 3.8) is 0 Å². The Kier molecular flexibility index (Phi) is 49.7. The third-order valence-corrected chi connectivity index (χ3v) is 6.51. The van der Waals surface area contributed by atoms with E-state index in [4.69, 9.17) is 0 Å². The molecule has 34 heavy (non-hydrogen) atoms. The minimum atomic E-state index is -0.909. The van der Waals surface area contributed by atoms with Gasteiger partial charge in [-0.1, -0.05) is 117 Å². The standard InChI is InChI=1S/2C12H24O2.C4H9.Sn.Ti/c2*1-2-3-4-5-6-7-8-9-10-11-12(13)14;1-3-4-2;;/h2*2-11H2,1H3,(H,13,14);1,3-4H2,2H3;;/q;;;+3;+4/p-2. The number of carbonyl (C=O) groups is 2. The van der Waals surface area contributed by atoms with Crippen molar-refractivity contribution >= 4 is 34.5 Å². The third-order valence-electron chi connectivity index (χ3n) is 5.50. The van der Waals surface area contributed by atoms with Crippen molar-refractivity contribution < 1.29 is 41.5 Å². The second-order valence-electron chi connectivity index (χ2n) is 9.00. The van der Waals surface area contributed by atoms with Crippen molar-refractivity contribution in [2.75, 3.05) is 0 Å². The van der Waals surface area contributed by atoms with Crippen LogP contribution in [0.15, 0.2) is 0 Å². The first-order chi connectivity index (χ1) is 16.0. The number of unbranched alkanes of at least 4 members (excludes halogenated alkanes) is 17. The van der Waals surface area contributed by atoms with Gasteiger partial charge in [-0.2, -0.15) is 0 Å². The maximum Gasteiger partial charge on any atom is 4.00 e. The summed E-state index contributed by atoms with van der Waals surface area (Å²) in [6, 6.07) is 0. The zero-order chi connectivity index (χ0) is 25.4. The van der Waals surface area contributed by atoms with E-state index in [9.17, 15) is 19.8 Å². The molecule has 4 nitrogen and oxygen atoms in total. The molecule has 0 amide bonds. The summed E-state index contributed by atoms with van der Waals surface area (Å²) >= 11 is 1.68. The number of hydrogen-bond acceptors (Lipinski definition) is 4. The normalized spacial score (nSPS) is 9.79. The summed E-state index contributed by atoms with van der Waals surface area (Å²) in [6.07, 6.45) is 25.1. The van der Waals surface area contributed by atoms with E-state index < -0.39 is 11.9 Å². The van der Waals surface area contributed by atoms with Crippen molar-refractivity contribution in [2.45, 2.75) is 166 Å². The summed E-state index contributed by atoms with van der Waals surface area (Å²) in [5.41, 5.74) is 0. The molecule has 0 radical (unpaired) electrons. The molecule has 6 heteroatoms. The Morgan fingerprint density at radius 1 is 0.471 bits per heavy atom. The molecule has 0 aromatic carbocycles. The van der Waals surface area contributed by atoms with E-state index in [-0.39, 0.29) is 34.6 Å². The van der Waals surface area contributed by atoms with E-state index in [1.165, 1.54) is 107 Å². The van der Waals surface area contributed by atoms with Crippen LogP contribution in [0.25, 0.3) is 0 Å². The average molecular weight is 622 g/mol. The molecule has 0 rings (SSSR count). The summed E-state index contributed by atoms with van der Waals surface area (Å²) in [5, 5.41) is 20.2. The Bertz CT molecular complexity index is 347. The van der Waals surface area contributed by atoms with Crippen LogP contribution in [0.4, 0.5) is 0 Å². The Labute approximate surface area is 241 Å². The van der Waals surface area contributed by atoms with Crippen LogP contribution in [0.1, 0.15) is 162 Å². The van der Waals surface area contributed by atoms with E-state index in [0.29, 0.717) is 0 Å². The Hall–Kier alpha value is 0.453. The second-order valence-corrected chi connectivity index (χ2v) is 10.4. The predicted molar refractivity (Wildman–Crippen MR) is 139 cm³/mol. The van der Waals surface area contributed by atoms with Gasteiger partial charge in [-0.25, -0.2) is 0 Å². The third kappa shape index (κ3) is 53.7. The first-order valence-electron chi connectivity index (χ1n) is 14.0. The van der Waals surface area contributed by atoms with Gasteiger partial charge in [-0.05, 0) is 25.7 Å². The maximum atomic E-state index is 10.1. The van der Waals surface area contributed by atoms with E-state index >= 15 is 0 Å². The molecular formula is C28H55O4SnTi+5. The Morgan fingerprint density at radius 3 is 0.882 bits per heavy atom. The number of carboxylic acid groups (broad SMARTS) is 2. The molecule has 0 aromatic rings. The summed E-state index contributed by atoms with van der Waals surface area (Å²) in [7, 11) is 0. The van der Waals surface area contributed by atoms with Crippen molar-refractivity contribution in [1.29, 1.82) is 0 Å². The molecule has 0 spiro atoms. The number of rotatable bonds is 22. The number of aliphatic carboxylic acids is 2. The number of carbonyl (C=O) groups excluding carboxylic acids is 2. The molecule has 0 aliphatic rings.